The van der Waals surface area contributed by atoms with Gasteiger partial charge in [0.05, 0.1) is 7.11 Å². The Hall–Kier alpha value is -3.42. The Bertz CT molecular complexity index is 1080. The van der Waals surface area contributed by atoms with Crippen molar-refractivity contribution in [1.82, 2.24) is 5.32 Å². The molecule has 1 N–H and O–H groups in total. The van der Waals surface area contributed by atoms with Crippen molar-refractivity contribution in [2.24, 2.45) is 0 Å². The number of hydrogen-bond acceptors (Lipinski definition) is 2. The van der Waals surface area contributed by atoms with Gasteiger partial charge in [-0.3, -0.25) is 4.79 Å². The van der Waals surface area contributed by atoms with Gasteiger partial charge in [-0.1, -0.05) is 60.7 Å². The number of rotatable bonds is 7. The highest BCUT2D eigenvalue weighted by molar-refractivity contribution is 7.95. The van der Waals surface area contributed by atoms with Gasteiger partial charge in [0.1, 0.15) is 35.2 Å². The summed E-state index contributed by atoms with van der Waals surface area (Å²) in [7, 11) is -0.493. The lowest BCUT2D eigenvalue weighted by molar-refractivity contribution is 0.0960. The van der Waals surface area contributed by atoms with Crippen LogP contribution >= 0.6 is 7.26 Å². The summed E-state index contributed by atoms with van der Waals surface area (Å²) in [6, 6.07) is 37.2. The molecule has 0 aromatic heterocycles. The van der Waals surface area contributed by atoms with E-state index >= 15 is 0 Å². The number of ether oxygens (including phenoxy) is 1. The fraction of sp³-hybridized carbons (Fsp3) is 0.107. The summed E-state index contributed by atoms with van der Waals surface area (Å²) >= 11 is 0. The summed E-state index contributed by atoms with van der Waals surface area (Å²) in [6.07, 6.45) is 0.528. The van der Waals surface area contributed by atoms with Gasteiger partial charge in [0.2, 0.25) is 0 Å². The number of amides is 1. The maximum atomic E-state index is 13.2. The van der Waals surface area contributed by atoms with Crippen molar-refractivity contribution < 1.29 is 9.53 Å². The normalized spacial score (nSPS) is 11.1. The zero-order valence-corrected chi connectivity index (χ0v) is 19.3. The van der Waals surface area contributed by atoms with Crippen LogP contribution in [0.5, 0.6) is 5.75 Å². The van der Waals surface area contributed by atoms with Crippen molar-refractivity contribution in [3.05, 3.63) is 120 Å². The first-order chi connectivity index (χ1) is 15.6. The van der Waals surface area contributed by atoms with Gasteiger partial charge >= 0.3 is 0 Å². The van der Waals surface area contributed by atoms with E-state index in [1.807, 2.05) is 37.3 Å². The molecule has 4 aromatic rings. The molecule has 0 radical (unpaired) electrons. The lowest BCUT2D eigenvalue weighted by Gasteiger charge is -2.27. The van der Waals surface area contributed by atoms with Crippen LogP contribution in [0.15, 0.2) is 109 Å². The fourth-order valence-corrected chi connectivity index (χ4v) is 7.89. The number of benzene rings is 4. The van der Waals surface area contributed by atoms with Gasteiger partial charge in [-0.15, -0.1) is 0 Å². The van der Waals surface area contributed by atoms with Crippen LogP contribution in [0, 0.1) is 6.92 Å². The maximum Gasteiger partial charge on any atom is 0.254 e. The molecule has 0 atom stereocenters. The second-order valence-corrected chi connectivity index (χ2v) is 11.1. The van der Waals surface area contributed by atoms with E-state index in [1.165, 1.54) is 15.9 Å². The first-order valence-corrected chi connectivity index (χ1v) is 12.6. The molecule has 160 valence electrons. The fourth-order valence-electron chi connectivity index (χ4n) is 4.02. The zero-order valence-electron chi connectivity index (χ0n) is 18.4. The lowest BCUT2D eigenvalue weighted by atomic mass is 10.1. The minimum Gasteiger partial charge on any atom is -0.496 e. The van der Waals surface area contributed by atoms with Crippen LogP contribution in [0.2, 0.25) is 0 Å². The van der Waals surface area contributed by atoms with Gasteiger partial charge in [-0.05, 0) is 61.0 Å². The highest BCUT2D eigenvalue weighted by Gasteiger charge is 2.45. The third kappa shape index (κ3) is 4.30. The van der Waals surface area contributed by atoms with Crippen LogP contribution in [0.3, 0.4) is 0 Å². The molecule has 0 aliphatic heterocycles. The van der Waals surface area contributed by atoms with Gasteiger partial charge in [-0.2, -0.15) is 0 Å². The van der Waals surface area contributed by atoms with E-state index < -0.39 is 7.26 Å². The summed E-state index contributed by atoms with van der Waals surface area (Å²) in [5, 5.41) is 6.97. The molecule has 32 heavy (non-hydrogen) atoms. The topological polar surface area (TPSA) is 38.3 Å². The maximum absolute atomic E-state index is 13.2. The number of carbonyl (C=O) groups excluding carboxylic acids is 1. The first kappa shape index (κ1) is 21.8. The van der Waals surface area contributed by atoms with Gasteiger partial charge in [-0.25, -0.2) is 0 Å². The van der Waals surface area contributed by atoms with E-state index in [4.69, 9.17) is 4.74 Å². The summed E-state index contributed by atoms with van der Waals surface area (Å²) < 4.78 is 5.42. The highest BCUT2D eigenvalue weighted by atomic mass is 31.2. The molecule has 1 amide bonds. The number of nitrogens with one attached hydrogen (secondary N) is 1. The van der Waals surface area contributed by atoms with Crippen molar-refractivity contribution in [3.8, 4) is 5.75 Å². The lowest BCUT2D eigenvalue weighted by Crippen LogP contribution is -2.39. The van der Waals surface area contributed by atoms with Gasteiger partial charge < -0.3 is 10.1 Å². The molecule has 0 unspecified atom stereocenters. The molecular weight excluding hydrogens is 413 g/mol. The average Bonchev–Trinajstić information content (AvgIpc) is 2.86. The monoisotopic (exact) mass is 440 g/mol. The summed E-state index contributed by atoms with van der Waals surface area (Å²) in [5.41, 5.74) is 1.60. The number of methoxy groups -OCH3 is 1. The van der Waals surface area contributed by atoms with E-state index in [1.54, 1.807) is 13.2 Å². The molecule has 4 heteroatoms. The van der Waals surface area contributed by atoms with Gasteiger partial charge in [0, 0.05) is 5.56 Å². The molecule has 0 saturated heterocycles. The molecule has 3 nitrogen and oxygen atoms in total. The summed E-state index contributed by atoms with van der Waals surface area (Å²) in [5.74, 6) is 0.614. The summed E-state index contributed by atoms with van der Waals surface area (Å²) in [6.45, 7) is 1.97. The van der Waals surface area contributed by atoms with E-state index in [9.17, 15) is 4.79 Å². The van der Waals surface area contributed by atoms with Crippen LogP contribution in [-0.4, -0.2) is 19.3 Å². The van der Waals surface area contributed by atoms with Crippen LogP contribution in [0.1, 0.15) is 15.9 Å². The minimum atomic E-state index is -2.12. The minimum absolute atomic E-state index is 0.101. The third-order valence-electron chi connectivity index (χ3n) is 5.74. The Kier molecular flexibility index (Phi) is 6.68. The predicted octanol–water partition coefficient (Wildman–Crippen LogP) is 4.69. The van der Waals surface area contributed by atoms with Crippen molar-refractivity contribution in [3.63, 3.8) is 0 Å². The number of carbonyl (C=O) groups is 1. The zero-order chi connectivity index (χ0) is 22.4. The predicted molar refractivity (Wildman–Crippen MR) is 135 cm³/mol. The van der Waals surface area contributed by atoms with Crippen LogP contribution < -0.4 is 26.0 Å². The van der Waals surface area contributed by atoms with Crippen molar-refractivity contribution in [1.29, 1.82) is 0 Å². The molecule has 0 heterocycles. The third-order valence-corrected chi connectivity index (χ3v) is 9.91. The van der Waals surface area contributed by atoms with Crippen LogP contribution in [-0.2, 0) is 0 Å². The summed E-state index contributed by atoms with van der Waals surface area (Å²) in [4.78, 5) is 13.2. The van der Waals surface area contributed by atoms with E-state index in [0.29, 0.717) is 17.6 Å². The van der Waals surface area contributed by atoms with E-state index in [2.05, 4.69) is 78.1 Å². The Morgan fingerprint density at radius 3 is 1.66 bits per heavy atom. The molecular formula is C28H27NO2P+. The first-order valence-electron chi connectivity index (χ1n) is 10.6. The standard InChI is InChI=1S/C28H26NO2P/c1-22-18-19-23(20-27(22)31-2)28(30)29-21-32(24-12-6-3-7-13-24,25-14-8-4-9-15-25)26-16-10-5-11-17-26/h3-20H,21H2,1-2H3/p+1. The molecule has 0 aliphatic rings. The van der Waals surface area contributed by atoms with Crippen LogP contribution in [0.25, 0.3) is 0 Å². The number of hydrogen-bond donors (Lipinski definition) is 1. The van der Waals surface area contributed by atoms with E-state index in [-0.39, 0.29) is 5.91 Å². The largest absolute Gasteiger partial charge is 0.496 e. The van der Waals surface area contributed by atoms with Gasteiger partial charge in [0.25, 0.3) is 5.91 Å². The Labute approximate surface area is 190 Å². The SMILES string of the molecule is COc1cc(C(=O)NC[P+](c2ccccc2)(c2ccccc2)c2ccccc2)ccc1C. The molecule has 0 fully saturated rings. The van der Waals surface area contributed by atoms with Crippen LogP contribution in [0.4, 0.5) is 0 Å². The molecule has 0 saturated carbocycles. The molecule has 0 bridgehead atoms. The molecule has 0 spiro atoms. The highest BCUT2D eigenvalue weighted by Crippen LogP contribution is 2.54. The van der Waals surface area contributed by atoms with Crippen molar-refractivity contribution >= 4 is 29.1 Å². The number of aryl methyl sites for hydroxylation is 1. The molecule has 4 rings (SSSR count). The Morgan fingerprint density at radius 2 is 1.22 bits per heavy atom. The molecule has 4 aromatic carbocycles. The van der Waals surface area contributed by atoms with Gasteiger partial charge in [0.15, 0.2) is 0 Å². The average molecular weight is 441 g/mol. The Morgan fingerprint density at radius 1 is 0.750 bits per heavy atom. The quantitative estimate of drug-likeness (QED) is 0.424. The second kappa shape index (κ2) is 9.80. The second-order valence-electron chi connectivity index (χ2n) is 7.66. The molecule has 0 aliphatic carbocycles. The van der Waals surface area contributed by atoms with E-state index in [0.717, 1.165) is 5.56 Å². The smallest absolute Gasteiger partial charge is 0.254 e. The Balaban J connectivity index is 1.79. The van der Waals surface area contributed by atoms with Crippen molar-refractivity contribution in [2.75, 3.05) is 13.4 Å². The van der Waals surface area contributed by atoms with Crippen molar-refractivity contribution in [2.45, 2.75) is 6.92 Å².